The molecule has 270 valence electrons. The van der Waals surface area contributed by atoms with E-state index in [1.807, 2.05) is 78.9 Å². The van der Waals surface area contributed by atoms with E-state index in [-0.39, 0.29) is 13.0 Å². The highest BCUT2D eigenvalue weighted by Crippen LogP contribution is 2.43. The normalized spacial score (nSPS) is 17.3. The standard InChI is InChI=1S/C39H36F3N3O7/c1-49-30-15-10-27(11-16-30)38(26-8-4-3-5-9-26,28-12-17-31(50-2)18-13-28)51-24-35-34(46)22-36(52-35)45-23-25(7-6-20-43-37(47)39(40,41)42)32-21-29(44-48)14-19-33(32)45/h3-5,8-19,21,23,34-36,44,46,48H,20,22,24H2,1-2H3,(H,43,47). The Kier molecular flexibility index (Phi) is 10.7. The molecule has 10 nitrogen and oxygen atoms in total. The van der Waals surface area contributed by atoms with Gasteiger partial charge in [-0.15, -0.1) is 0 Å². The number of carbonyl (C=O) groups is 1. The monoisotopic (exact) mass is 715 g/mol. The molecule has 4 aromatic carbocycles. The molecule has 1 saturated heterocycles. The van der Waals surface area contributed by atoms with E-state index in [2.05, 4.69) is 17.3 Å². The van der Waals surface area contributed by atoms with Crippen LogP contribution in [-0.2, 0) is 19.9 Å². The van der Waals surface area contributed by atoms with Crippen molar-refractivity contribution in [1.82, 2.24) is 9.88 Å². The van der Waals surface area contributed by atoms with Crippen molar-refractivity contribution >= 4 is 22.5 Å². The lowest BCUT2D eigenvalue weighted by molar-refractivity contribution is -0.173. The van der Waals surface area contributed by atoms with Gasteiger partial charge in [-0.25, -0.2) is 0 Å². The van der Waals surface area contributed by atoms with Crippen molar-refractivity contribution in [3.05, 3.63) is 126 Å². The number of nitrogens with one attached hydrogen (secondary N) is 2. The molecule has 6 rings (SSSR count). The first-order chi connectivity index (χ1) is 25.1. The molecule has 4 N–H and O–H groups in total. The molecule has 0 radical (unpaired) electrons. The van der Waals surface area contributed by atoms with E-state index in [9.17, 15) is 28.3 Å². The highest BCUT2D eigenvalue weighted by atomic mass is 19.4. The minimum Gasteiger partial charge on any atom is -0.497 e. The van der Waals surface area contributed by atoms with Crippen molar-refractivity contribution in [3.63, 3.8) is 0 Å². The van der Waals surface area contributed by atoms with Gasteiger partial charge < -0.3 is 33.9 Å². The predicted molar refractivity (Wildman–Crippen MR) is 186 cm³/mol. The second kappa shape index (κ2) is 15.4. The number of aromatic nitrogens is 1. The zero-order chi connectivity index (χ0) is 36.9. The molecular formula is C39H36F3N3O7. The molecule has 3 atom stereocenters. The van der Waals surface area contributed by atoms with Crippen molar-refractivity contribution in [2.24, 2.45) is 0 Å². The highest BCUT2D eigenvalue weighted by Gasteiger charge is 2.42. The van der Waals surface area contributed by atoms with E-state index < -0.39 is 42.7 Å². The minimum absolute atomic E-state index is 0.0199. The lowest BCUT2D eigenvalue weighted by Crippen LogP contribution is -2.38. The Balaban J connectivity index is 1.31. The summed E-state index contributed by atoms with van der Waals surface area (Å²) in [6.45, 7) is -0.555. The Hall–Kier alpha value is -5.52. The first kappa shape index (κ1) is 36.3. The Morgan fingerprint density at radius 2 is 1.54 bits per heavy atom. The van der Waals surface area contributed by atoms with Crippen molar-refractivity contribution in [2.75, 3.05) is 32.9 Å². The van der Waals surface area contributed by atoms with E-state index in [1.165, 1.54) is 0 Å². The van der Waals surface area contributed by atoms with Crippen LogP contribution >= 0.6 is 0 Å². The number of anilines is 1. The van der Waals surface area contributed by atoms with Crippen LogP contribution in [0.2, 0.25) is 0 Å². The van der Waals surface area contributed by atoms with Crippen molar-refractivity contribution in [1.29, 1.82) is 0 Å². The molecule has 0 saturated carbocycles. The molecule has 0 spiro atoms. The Morgan fingerprint density at radius 3 is 2.12 bits per heavy atom. The fourth-order valence-electron chi connectivity index (χ4n) is 6.34. The lowest BCUT2D eigenvalue weighted by atomic mass is 9.80. The van der Waals surface area contributed by atoms with E-state index in [0.717, 1.165) is 16.7 Å². The number of halogens is 3. The number of ether oxygens (including phenoxy) is 4. The van der Waals surface area contributed by atoms with Crippen molar-refractivity contribution < 1.29 is 47.2 Å². The van der Waals surface area contributed by atoms with Gasteiger partial charge in [-0.05, 0) is 59.2 Å². The number of amides is 1. The Morgan fingerprint density at radius 1 is 0.923 bits per heavy atom. The summed E-state index contributed by atoms with van der Waals surface area (Å²) < 4.78 is 63.9. The van der Waals surface area contributed by atoms with Gasteiger partial charge in [0.1, 0.15) is 29.4 Å². The summed E-state index contributed by atoms with van der Waals surface area (Å²) in [7, 11) is 3.19. The molecule has 5 aromatic rings. The summed E-state index contributed by atoms with van der Waals surface area (Å²) in [5.41, 5.74) is 4.81. The van der Waals surface area contributed by atoms with Gasteiger partial charge in [-0.3, -0.25) is 15.5 Å². The van der Waals surface area contributed by atoms with Crippen LogP contribution < -0.4 is 20.3 Å². The van der Waals surface area contributed by atoms with E-state index in [0.29, 0.717) is 33.7 Å². The Labute approximate surface area is 297 Å². The number of aliphatic hydroxyl groups is 1. The summed E-state index contributed by atoms with van der Waals surface area (Å²) in [5.74, 6) is 4.61. The highest BCUT2D eigenvalue weighted by molar-refractivity contribution is 5.89. The van der Waals surface area contributed by atoms with Gasteiger partial charge in [0.25, 0.3) is 0 Å². The van der Waals surface area contributed by atoms with Crippen LogP contribution in [0, 0.1) is 11.8 Å². The molecule has 1 aromatic heterocycles. The zero-order valence-electron chi connectivity index (χ0n) is 28.2. The van der Waals surface area contributed by atoms with Gasteiger partial charge in [0.15, 0.2) is 0 Å². The van der Waals surface area contributed by atoms with Crippen LogP contribution in [-0.4, -0.2) is 66.5 Å². The third kappa shape index (κ3) is 7.42. The number of alkyl halides is 3. The topological polar surface area (TPSA) is 123 Å². The van der Waals surface area contributed by atoms with Crippen LogP contribution in [0.1, 0.15) is 34.9 Å². The van der Waals surface area contributed by atoms with E-state index in [1.54, 1.807) is 48.5 Å². The molecule has 0 bridgehead atoms. The van der Waals surface area contributed by atoms with Gasteiger partial charge >= 0.3 is 12.1 Å². The SMILES string of the molecule is COc1ccc(C(OCC2OC(n3cc(C#CCNC(=O)C(F)(F)F)c4cc(NO)ccc43)CC2O)(c2ccccc2)c2ccc(OC)cc2)cc1. The number of aliphatic hydroxyl groups excluding tert-OH is 1. The quantitative estimate of drug-likeness (QED) is 0.0731. The number of carbonyl (C=O) groups excluding carboxylic acids is 1. The van der Waals surface area contributed by atoms with Crippen LogP contribution in [0.4, 0.5) is 18.9 Å². The number of methoxy groups -OCH3 is 2. The number of fused-ring (bicyclic) bond motifs is 1. The molecule has 2 heterocycles. The number of rotatable bonds is 11. The van der Waals surface area contributed by atoms with Gasteiger partial charge in [-0.1, -0.05) is 66.4 Å². The number of hydrogen-bond donors (Lipinski definition) is 4. The molecule has 1 aliphatic rings. The first-order valence-corrected chi connectivity index (χ1v) is 16.3. The average Bonchev–Trinajstić information content (AvgIpc) is 3.72. The summed E-state index contributed by atoms with van der Waals surface area (Å²) in [5, 5.41) is 23.2. The second-order valence-corrected chi connectivity index (χ2v) is 12.0. The number of nitrogens with zero attached hydrogens (tertiary/aromatic N) is 1. The van der Waals surface area contributed by atoms with Crippen LogP contribution in [0.5, 0.6) is 11.5 Å². The molecule has 52 heavy (non-hydrogen) atoms. The average molecular weight is 716 g/mol. The third-order valence-corrected chi connectivity index (χ3v) is 8.93. The number of hydrogen-bond acceptors (Lipinski definition) is 8. The summed E-state index contributed by atoms with van der Waals surface area (Å²) >= 11 is 0. The van der Waals surface area contributed by atoms with Crippen molar-refractivity contribution in [2.45, 2.75) is 36.6 Å². The Bertz CT molecular complexity index is 2010. The van der Waals surface area contributed by atoms with Crippen LogP contribution in [0.15, 0.2) is 103 Å². The van der Waals surface area contributed by atoms with Gasteiger partial charge in [0.05, 0.1) is 50.2 Å². The molecule has 1 aliphatic heterocycles. The first-order valence-electron chi connectivity index (χ1n) is 16.3. The maximum absolute atomic E-state index is 12.6. The van der Waals surface area contributed by atoms with E-state index in [4.69, 9.17) is 18.9 Å². The van der Waals surface area contributed by atoms with Crippen LogP contribution in [0.3, 0.4) is 0 Å². The molecule has 1 amide bonds. The summed E-state index contributed by atoms with van der Waals surface area (Å²) in [4.78, 5) is 11.2. The van der Waals surface area contributed by atoms with Gasteiger partial charge in [-0.2, -0.15) is 13.2 Å². The van der Waals surface area contributed by atoms with E-state index >= 15 is 0 Å². The molecule has 3 unspecified atom stereocenters. The molecular weight excluding hydrogens is 679 g/mol. The predicted octanol–water partition coefficient (Wildman–Crippen LogP) is 6.15. The summed E-state index contributed by atoms with van der Waals surface area (Å²) in [6.07, 6.45) is -5.55. The fraction of sp³-hybridized carbons (Fsp3) is 0.256. The van der Waals surface area contributed by atoms with Crippen molar-refractivity contribution in [3.8, 4) is 23.3 Å². The molecule has 13 heteroatoms. The molecule has 0 aliphatic carbocycles. The zero-order valence-corrected chi connectivity index (χ0v) is 28.2. The van der Waals surface area contributed by atoms with Gasteiger partial charge in [0.2, 0.25) is 0 Å². The largest absolute Gasteiger partial charge is 0.497 e. The van der Waals surface area contributed by atoms with Crippen LogP contribution in [0.25, 0.3) is 10.9 Å². The maximum atomic E-state index is 12.6. The third-order valence-electron chi connectivity index (χ3n) is 8.93. The number of benzene rings is 4. The lowest BCUT2D eigenvalue weighted by Gasteiger charge is -2.37. The summed E-state index contributed by atoms with van der Waals surface area (Å²) in [6, 6.07) is 29.9. The smallest absolute Gasteiger partial charge is 0.471 e. The second-order valence-electron chi connectivity index (χ2n) is 12.0. The van der Waals surface area contributed by atoms with Gasteiger partial charge in [0, 0.05) is 18.0 Å². The molecule has 1 fully saturated rings. The fourth-order valence-corrected chi connectivity index (χ4v) is 6.34. The minimum atomic E-state index is -5.02. The maximum Gasteiger partial charge on any atom is 0.471 e.